The van der Waals surface area contributed by atoms with Crippen LogP contribution in [-0.2, 0) is 14.3 Å². The number of hydrogen-bond acceptors (Lipinski definition) is 4. The van der Waals surface area contributed by atoms with Crippen LogP contribution < -0.4 is 5.43 Å². The minimum atomic E-state index is -0.426. The van der Waals surface area contributed by atoms with Gasteiger partial charge in [0.05, 0.1) is 31.3 Å². The number of hydrazone groups is 1. The molecule has 1 N–H and O–H groups in total. The summed E-state index contributed by atoms with van der Waals surface area (Å²) in [6.45, 7) is 2.23. The van der Waals surface area contributed by atoms with Gasteiger partial charge < -0.3 is 9.64 Å². The highest BCUT2D eigenvalue weighted by molar-refractivity contribution is 9.10. The Balaban J connectivity index is 1.46. The van der Waals surface area contributed by atoms with Gasteiger partial charge in [0, 0.05) is 29.4 Å². The second-order valence-electron chi connectivity index (χ2n) is 9.15. The molecule has 5 rings (SSSR count). The third-order valence-electron chi connectivity index (χ3n) is 7.06. The summed E-state index contributed by atoms with van der Waals surface area (Å²) in [7, 11) is 0. The van der Waals surface area contributed by atoms with Crippen LogP contribution in [0.25, 0.3) is 0 Å². The van der Waals surface area contributed by atoms with Gasteiger partial charge in [0.1, 0.15) is 0 Å². The Labute approximate surface area is 219 Å². The number of benzene rings is 3. The minimum absolute atomic E-state index is 0.0858. The van der Waals surface area contributed by atoms with E-state index < -0.39 is 5.92 Å². The van der Waals surface area contributed by atoms with Crippen LogP contribution in [0.15, 0.2) is 94.5 Å². The van der Waals surface area contributed by atoms with Crippen molar-refractivity contribution in [2.45, 2.75) is 11.8 Å². The normalized spacial score (nSPS) is 23.8. The van der Waals surface area contributed by atoms with Crippen molar-refractivity contribution in [1.82, 2.24) is 10.3 Å². The Bertz CT molecular complexity index is 1180. The maximum atomic E-state index is 13.9. The lowest BCUT2D eigenvalue weighted by Gasteiger charge is -2.52. The number of carbonyl (C=O) groups is 2. The molecule has 1 heterocycles. The van der Waals surface area contributed by atoms with Gasteiger partial charge in [-0.05, 0) is 28.8 Å². The first kappa shape index (κ1) is 24.4. The molecule has 1 saturated carbocycles. The first-order valence-corrected chi connectivity index (χ1v) is 13.0. The van der Waals surface area contributed by atoms with Crippen molar-refractivity contribution in [3.63, 3.8) is 0 Å². The molecule has 36 heavy (non-hydrogen) atoms. The third-order valence-corrected chi connectivity index (χ3v) is 7.56. The Kier molecular flexibility index (Phi) is 7.58. The highest BCUT2D eigenvalue weighted by atomic mass is 79.9. The zero-order chi connectivity index (χ0) is 24.9. The predicted octanol–water partition coefficient (Wildman–Crippen LogP) is 4.57. The van der Waals surface area contributed by atoms with E-state index in [2.05, 4.69) is 26.5 Å². The maximum absolute atomic E-state index is 13.9. The molecule has 0 aromatic heterocycles. The molecule has 6 nitrogen and oxygen atoms in total. The average Bonchev–Trinajstić information content (AvgIpc) is 2.90. The Morgan fingerprint density at radius 3 is 2.06 bits per heavy atom. The highest BCUT2D eigenvalue weighted by Gasteiger charge is 2.58. The van der Waals surface area contributed by atoms with Gasteiger partial charge in [-0.3, -0.25) is 9.59 Å². The van der Waals surface area contributed by atoms with E-state index in [0.717, 1.165) is 21.2 Å². The van der Waals surface area contributed by atoms with Crippen molar-refractivity contribution >= 4 is 34.0 Å². The lowest BCUT2D eigenvalue weighted by Crippen LogP contribution is -2.57. The molecule has 2 unspecified atom stereocenters. The zero-order valence-electron chi connectivity index (χ0n) is 19.8. The molecule has 0 bridgehead atoms. The predicted molar refractivity (Wildman–Crippen MR) is 143 cm³/mol. The van der Waals surface area contributed by atoms with Gasteiger partial charge in [0.15, 0.2) is 0 Å². The summed E-state index contributed by atoms with van der Waals surface area (Å²) in [6.07, 6.45) is 1.63. The molecule has 3 aromatic carbocycles. The van der Waals surface area contributed by atoms with Crippen LogP contribution in [0.3, 0.4) is 0 Å². The molecule has 1 saturated heterocycles. The number of nitrogens with one attached hydrogen (secondary N) is 1. The second kappa shape index (κ2) is 11.2. The monoisotopic (exact) mass is 545 g/mol. The van der Waals surface area contributed by atoms with E-state index >= 15 is 0 Å². The Morgan fingerprint density at radius 2 is 1.47 bits per heavy atom. The Hall–Kier alpha value is -3.29. The summed E-state index contributed by atoms with van der Waals surface area (Å²) in [5.41, 5.74) is 5.62. The van der Waals surface area contributed by atoms with Crippen molar-refractivity contribution in [3.05, 3.63) is 106 Å². The molecule has 3 aromatic rings. The summed E-state index contributed by atoms with van der Waals surface area (Å²) in [5.74, 6) is -1.35. The van der Waals surface area contributed by atoms with Gasteiger partial charge in [0.2, 0.25) is 11.8 Å². The molecule has 1 aliphatic heterocycles. The minimum Gasteiger partial charge on any atom is -0.378 e. The van der Waals surface area contributed by atoms with Gasteiger partial charge in [-0.15, -0.1) is 0 Å². The topological polar surface area (TPSA) is 71.0 Å². The van der Waals surface area contributed by atoms with Crippen molar-refractivity contribution < 1.29 is 14.3 Å². The molecular weight excluding hydrogens is 518 g/mol. The third kappa shape index (κ3) is 5.13. The van der Waals surface area contributed by atoms with E-state index in [4.69, 9.17) is 4.74 Å². The summed E-state index contributed by atoms with van der Waals surface area (Å²) in [4.78, 5) is 29.4. The number of rotatable bonds is 6. The maximum Gasteiger partial charge on any atom is 0.244 e. The number of carbonyl (C=O) groups excluding carboxylic acids is 2. The van der Waals surface area contributed by atoms with Gasteiger partial charge in [-0.25, -0.2) is 5.43 Å². The summed E-state index contributed by atoms with van der Waals surface area (Å²) >= 11 is 3.45. The fourth-order valence-corrected chi connectivity index (χ4v) is 5.80. The summed E-state index contributed by atoms with van der Waals surface area (Å²) in [6, 6.07) is 27.5. The highest BCUT2D eigenvalue weighted by Crippen LogP contribution is 2.58. The van der Waals surface area contributed by atoms with Gasteiger partial charge in [-0.1, -0.05) is 88.7 Å². The number of morpholine rings is 1. The molecule has 1 aliphatic carbocycles. The number of ether oxygens (including phenoxy) is 1. The van der Waals surface area contributed by atoms with Crippen LogP contribution in [0.5, 0.6) is 0 Å². The zero-order valence-corrected chi connectivity index (χ0v) is 21.4. The van der Waals surface area contributed by atoms with Gasteiger partial charge in [-0.2, -0.15) is 5.10 Å². The second-order valence-corrected chi connectivity index (χ2v) is 10.1. The van der Waals surface area contributed by atoms with Crippen LogP contribution in [0.1, 0.15) is 28.5 Å². The molecule has 2 amide bonds. The van der Waals surface area contributed by atoms with Gasteiger partial charge in [0.25, 0.3) is 0 Å². The molecule has 7 heteroatoms. The fraction of sp³-hybridized carbons (Fsp3) is 0.276. The lowest BCUT2D eigenvalue weighted by molar-refractivity contribution is -0.151. The average molecular weight is 546 g/mol. The first-order chi connectivity index (χ1) is 17.6. The molecule has 2 aliphatic rings. The number of halogens is 1. The lowest BCUT2D eigenvalue weighted by atomic mass is 9.51. The van der Waals surface area contributed by atoms with Crippen molar-refractivity contribution in [2.24, 2.45) is 16.9 Å². The number of hydrogen-bond donors (Lipinski definition) is 1. The van der Waals surface area contributed by atoms with Crippen molar-refractivity contribution in [2.75, 3.05) is 26.3 Å². The molecule has 184 valence electrons. The molecule has 2 fully saturated rings. The quantitative estimate of drug-likeness (QED) is 0.364. The van der Waals surface area contributed by atoms with Crippen LogP contribution in [0, 0.1) is 11.8 Å². The smallest absolute Gasteiger partial charge is 0.244 e. The van der Waals surface area contributed by atoms with E-state index in [9.17, 15) is 9.59 Å². The molecule has 0 radical (unpaired) electrons. The Morgan fingerprint density at radius 1 is 0.861 bits per heavy atom. The number of nitrogens with zero attached hydrogens (tertiary/aromatic N) is 2. The van der Waals surface area contributed by atoms with Gasteiger partial charge >= 0.3 is 0 Å². The number of amides is 2. The van der Waals surface area contributed by atoms with E-state index in [-0.39, 0.29) is 29.6 Å². The van der Waals surface area contributed by atoms with Crippen LogP contribution in [0.4, 0.5) is 0 Å². The SMILES string of the molecule is O=C(NN=Cc1cccc(Br)c1)C1C(c2ccccc2)C(C(=O)N2CCOCC2)C1c1ccccc1. The summed E-state index contributed by atoms with van der Waals surface area (Å²) in [5, 5.41) is 4.24. The van der Waals surface area contributed by atoms with Crippen LogP contribution in [0.2, 0.25) is 0 Å². The van der Waals surface area contributed by atoms with Crippen molar-refractivity contribution in [3.8, 4) is 0 Å². The van der Waals surface area contributed by atoms with Crippen LogP contribution in [-0.4, -0.2) is 49.2 Å². The van der Waals surface area contributed by atoms with E-state index in [1.807, 2.05) is 89.8 Å². The van der Waals surface area contributed by atoms with Crippen molar-refractivity contribution in [1.29, 1.82) is 0 Å². The standard InChI is InChI=1S/C29H28BrN3O3/c30-23-13-7-8-20(18-23)19-31-32-28(34)26-24(21-9-3-1-4-10-21)27(25(26)22-11-5-2-6-12-22)29(35)33-14-16-36-17-15-33/h1-13,18-19,24-27H,14-17H2,(H,32,34). The largest absolute Gasteiger partial charge is 0.378 e. The molecule has 0 spiro atoms. The van der Waals surface area contributed by atoms with E-state index in [1.165, 1.54) is 0 Å². The fourth-order valence-electron chi connectivity index (χ4n) is 5.39. The first-order valence-electron chi connectivity index (χ1n) is 12.2. The van der Waals surface area contributed by atoms with Crippen LogP contribution >= 0.6 is 15.9 Å². The summed E-state index contributed by atoms with van der Waals surface area (Å²) < 4.78 is 6.41. The van der Waals surface area contributed by atoms with E-state index in [0.29, 0.717) is 26.3 Å². The molecular formula is C29H28BrN3O3. The van der Waals surface area contributed by atoms with E-state index in [1.54, 1.807) is 6.21 Å². The molecule has 2 atom stereocenters.